The second kappa shape index (κ2) is 9.93. The van der Waals surface area contributed by atoms with Crippen LogP contribution in [0, 0.1) is 0 Å². The lowest BCUT2D eigenvalue weighted by molar-refractivity contribution is -0.137. The van der Waals surface area contributed by atoms with E-state index in [4.69, 9.17) is 4.74 Å². The molecule has 0 bridgehead atoms. The van der Waals surface area contributed by atoms with Gasteiger partial charge in [0.25, 0.3) is 11.8 Å². The van der Waals surface area contributed by atoms with Gasteiger partial charge in [0.05, 0.1) is 0 Å². The van der Waals surface area contributed by atoms with E-state index in [0.717, 1.165) is 31.5 Å². The van der Waals surface area contributed by atoms with Crippen molar-refractivity contribution in [3.05, 3.63) is 65.7 Å². The molecule has 0 aliphatic carbocycles. The number of likely N-dealkylation sites (tertiary alicyclic amines) is 1. The molecule has 1 heterocycles. The van der Waals surface area contributed by atoms with E-state index in [0.29, 0.717) is 17.9 Å². The summed E-state index contributed by atoms with van der Waals surface area (Å²) in [5, 5.41) is 2.91. The molecule has 0 saturated carbocycles. The summed E-state index contributed by atoms with van der Waals surface area (Å²) in [6, 6.07) is 16.8. The first-order valence-electron chi connectivity index (χ1n) is 10.0. The number of ether oxygens (including phenoxy) is 1. The van der Waals surface area contributed by atoms with Gasteiger partial charge in [-0.3, -0.25) is 9.59 Å². The zero-order chi connectivity index (χ0) is 19.8. The van der Waals surface area contributed by atoms with Gasteiger partial charge >= 0.3 is 0 Å². The standard InChI is InChI=1S/C23H28N2O3/c1-18(23(27)25-14-7-2-3-8-15-25)28-21-13-9-12-20(16-21)22(26)24-17-19-10-5-4-6-11-19/h4-6,9-13,16,18H,2-3,7-8,14-15,17H2,1H3,(H,24,26)/t18-/m0/s1. The quantitative estimate of drug-likeness (QED) is 0.830. The van der Waals surface area contributed by atoms with Crippen LogP contribution in [0.2, 0.25) is 0 Å². The Morgan fingerprint density at radius 2 is 1.71 bits per heavy atom. The minimum absolute atomic E-state index is 0.0147. The summed E-state index contributed by atoms with van der Waals surface area (Å²) in [7, 11) is 0. The summed E-state index contributed by atoms with van der Waals surface area (Å²) in [6.07, 6.45) is 3.89. The molecule has 5 heteroatoms. The van der Waals surface area contributed by atoms with Crippen molar-refractivity contribution < 1.29 is 14.3 Å². The Kier molecular flexibility index (Phi) is 7.06. The second-order valence-corrected chi connectivity index (χ2v) is 7.20. The van der Waals surface area contributed by atoms with Gasteiger partial charge in [-0.25, -0.2) is 0 Å². The van der Waals surface area contributed by atoms with Crippen LogP contribution in [0.1, 0.15) is 48.5 Å². The van der Waals surface area contributed by atoms with Gasteiger partial charge in [0.15, 0.2) is 6.10 Å². The van der Waals surface area contributed by atoms with Crippen LogP contribution in [-0.2, 0) is 11.3 Å². The molecule has 0 radical (unpaired) electrons. The number of benzene rings is 2. The lowest BCUT2D eigenvalue weighted by Gasteiger charge is -2.24. The number of carbonyl (C=O) groups excluding carboxylic acids is 2. The first-order chi connectivity index (χ1) is 13.6. The van der Waals surface area contributed by atoms with Gasteiger partial charge in [0.1, 0.15) is 5.75 Å². The van der Waals surface area contributed by atoms with Crippen LogP contribution < -0.4 is 10.1 Å². The van der Waals surface area contributed by atoms with Gasteiger partial charge in [-0.05, 0) is 43.5 Å². The lowest BCUT2D eigenvalue weighted by Crippen LogP contribution is -2.41. The van der Waals surface area contributed by atoms with Crippen molar-refractivity contribution in [2.75, 3.05) is 13.1 Å². The highest BCUT2D eigenvalue weighted by Crippen LogP contribution is 2.17. The first-order valence-corrected chi connectivity index (χ1v) is 10.0. The molecular formula is C23H28N2O3. The number of nitrogens with one attached hydrogen (secondary N) is 1. The molecule has 2 amide bonds. The third-order valence-corrected chi connectivity index (χ3v) is 4.97. The Morgan fingerprint density at radius 3 is 2.43 bits per heavy atom. The summed E-state index contributed by atoms with van der Waals surface area (Å²) >= 11 is 0. The van der Waals surface area contributed by atoms with Crippen LogP contribution in [0.25, 0.3) is 0 Å². The van der Waals surface area contributed by atoms with E-state index >= 15 is 0 Å². The Morgan fingerprint density at radius 1 is 1.00 bits per heavy atom. The zero-order valence-corrected chi connectivity index (χ0v) is 16.4. The molecular weight excluding hydrogens is 352 g/mol. The van der Waals surface area contributed by atoms with Crippen molar-refractivity contribution >= 4 is 11.8 Å². The second-order valence-electron chi connectivity index (χ2n) is 7.20. The maximum Gasteiger partial charge on any atom is 0.263 e. The molecule has 2 aromatic rings. The average molecular weight is 380 g/mol. The molecule has 0 unspecified atom stereocenters. The van der Waals surface area contributed by atoms with Crippen LogP contribution >= 0.6 is 0 Å². The normalized spacial score (nSPS) is 15.4. The highest BCUT2D eigenvalue weighted by atomic mass is 16.5. The molecule has 1 atom stereocenters. The van der Waals surface area contributed by atoms with E-state index in [1.807, 2.05) is 35.2 Å². The van der Waals surface area contributed by atoms with E-state index < -0.39 is 6.10 Å². The van der Waals surface area contributed by atoms with Crippen LogP contribution in [0.4, 0.5) is 0 Å². The molecule has 1 aliphatic rings. The molecule has 0 aromatic heterocycles. The van der Waals surface area contributed by atoms with E-state index in [1.54, 1.807) is 31.2 Å². The smallest absolute Gasteiger partial charge is 0.263 e. The van der Waals surface area contributed by atoms with Crippen molar-refractivity contribution in [2.24, 2.45) is 0 Å². The average Bonchev–Trinajstić information content (AvgIpc) is 3.02. The van der Waals surface area contributed by atoms with Crippen molar-refractivity contribution in [1.82, 2.24) is 10.2 Å². The summed E-state index contributed by atoms with van der Waals surface area (Å²) < 4.78 is 5.85. The van der Waals surface area contributed by atoms with Crippen LogP contribution in [0.15, 0.2) is 54.6 Å². The molecule has 28 heavy (non-hydrogen) atoms. The molecule has 1 N–H and O–H groups in total. The number of nitrogens with zero attached hydrogens (tertiary/aromatic N) is 1. The Balaban J connectivity index is 1.57. The number of amides is 2. The largest absolute Gasteiger partial charge is 0.481 e. The highest BCUT2D eigenvalue weighted by molar-refractivity contribution is 5.94. The summed E-state index contributed by atoms with van der Waals surface area (Å²) in [4.78, 5) is 27.0. The van der Waals surface area contributed by atoms with Gasteiger partial charge in [0, 0.05) is 25.2 Å². The van der Waals surface area contributed by atoms with E-state index in [1.165, 1.54) is 12.8 Å². The fourth-order valence-corrected chi connectivity index (χ4v) is 3.39. The van der Waals surface area contributed by atoms with Crippen LogP contribution in [-0.4, -0.2) is 35.9 Å². The Bertz CT molecular complexity index is 783. The topological polar surface area (TPSA) is 58.6 Å². The fraction of sp³-hybridized carbons (Fsp3) is 0.391. The van der Waals surface area contributed by atoms with Gasteiger partial charge in [-0.15, -0.1) is 0 Å². The lowest BCUT2D eigenvalue weighted by atomic mass is 10.2. The minimum Gasteiger partial charge on any atom is -0.481 e. The predicted molar refractivity (Wildman–Crippen MR) is 109 cm³/mol. The zero-order valence-electron chi connectivity index (χ0n) is 16.4. The summed E-state index contributed by atoms with van der Waals surface area (Å²) in [6.45, 7) is 3.84. The molecule has 2 aromatic carbocycles. The van der Waals surface area contributed by atoms with Crippen LogP contribution in [0.5, 0.6) is 5.75 Å². The van der Waals surface area contributed by atoms with Gasteiger partial charge in [-0.2, -0.15) is 0 Å². The Hall–Kier alpha value is -2.82. The van der Waals surface area contributed by atoms with E-state index in [-0.39, 0.29) is 11.8 Å². The van der Waals surface area contributed by atoms with Crippen LogP contribution in [0.3, 0.4) is 0 Å². The number of rotatable bonds is 6. The maximum atomic E-state index is 12.7. The van der Waals surface area contributed by atoms with Gasteiger partial charge in [-0.1, -0.05) is 49.2 Å². The molecule has 148 valence electrons. The monoisotopic (exact) mass is 380 g/mol. The fourth-order valence-electron chi connectivity index (χ4n) is 3.39. The van der Waals surface area contributed by atoms with E-state index in [9.17, 15) is 9.59 Å². The Labute approximate surface area is 166 Å². The predicted octanol–water partition coefficient (Wildman–Crippen LogP) is 3.79. The molecule has 1 fully saturated rings. The summed E-state index contributed by atoms with van der Waals surface area (Å²) in [5.74, 6) is 0.379. The first kappa shape index (κ1) is 19.9. The highest BCUT2D eigenvalue weighted by Gasteiger charge is 2.23. The maximum absolute atomic E-state index is 12.7. The van der Waals surface area contributed by atoms with Crippen molar-refractivity contribution in [2.45, 2.75) is 45.3 Å². The third-order valence-electron chi connectivity index (χ3n) is 4.97. The molecule has 1 aliphatic heterocycles. The van der Waals surface area contributed by atoms with Crippen molar-refractivity contribution in [3.8, 4) is 5.75 Å². The van der Waals surface area contributed by atoms with Gasteiger partial charge in [0.2, 0.25) is 0 Å². The number of hydrogen-bond acceptors (Lipinski definition) is 3. The van der Waals surface area contributed by atoms with Gasteiger partial charge < -0.3 is 15.0 Å². The van der Waals surface area contributed by atoms with Crippen molar-refractivity contribution in [1.29, 1.82) is 0 Å². The number of hydrogen-bond donors (Lipinski definition) is 1. The third kappa shape index (κ3) is 5.59. The number of carbonyl (C=O) groups is 2. The minimum atomic E-state index is -0.569. The molecule has 1 saturated heterocycles. The summed E-state index contributed by atoms with van der Waals surface area (Å²) in [5.41, 5.74) is 1.56. The van der Waals surface area contributed by atoms with Crippen molar-refractivity contribution in [3.63, 3.8) is 0 Å². The molecule has 0 spiro atoms. The molecule has 3 rings (SSSR count). The molecule has 5 nitrogen and oxygen atoms in total. The SMILES string of the molecule is C[C@H](Oc1cccc(C(=O)NCc2ccccc2)c1)C(=O)N1CCCCCC1. The van der Waals surface area contributed by atoms with E-state index in [2.05, 4.69) is 5.32 Å².